The largest absolute Gasteiger partial charge is 0.481 e. The Bertz CT molecular complexity index is 629. The van der Waals surface area contributed by atoms with Gasteiger partial charge in [-0.3, -0.25) is 4.79 Å². The van der Waals surface area contributed by atoms with Gasteiger partial charge in [0, 0.05) is 13.1 Å². The lowest BCUT2D eigenvalue weighted by Crippen LogP contribution is -2.42. The van der Waals surface area contributed by atoms with Crippen molar-refractivity contribution in [3.05, 3.63) is 28.8 Å². The second kappa shape index (κ2) is 5.71. The van der Waals surface area contributed by atoms with Gasteiger partial charge in [0.2, 0.25) is 10.0 Å². The highest BCUT2D eigenvalue weighted by molar-refractivity contribution is 7.89. The number of halogens is 1. The Morgan fingerprint density at radius 2 is 2.15 bits per heavy atom. The Balaban J connectivity index is 2.32. The van der Waals surface area contributed by atoms with Gasteiger partial charge in [0.05, 0.1) is 10.9 Å². The van der Waals surface area contributed by atoms with E-state index in [0.717, 1.165) is 5.56 Å². The number of hydrogen-bond acceptors (Lipinski definition) is 3. The summed E-state index contributed by atoms with van der Waals surface area (Å²) in [6.45, 7) is 2.15. The van der Waals surface area contributed by atoms with Crippen molar-refractivity contribution in [2.45, 2.75) is 24.7 Å². The van der Waals surface area contributed by atoms with Gasteiger partial charge in [-0.25, -0.2) is 8.42 Å². The summed E-state index contributed by atoms with van der Waals surface area (Å²) in [5.41, 5.74) is 0.871. The van der Waals surface area contributed by atoms with Gasteiger partial charge in [-0.2, -0.15) is 4.31 Å². The van der Waals surface area contributed by atoms with Crippen LogP contribution in [0.5, 0.6) is 0 Å². The first-order valence-corrected chi connectivity index (χ1v) is 8.13. The van der Waals surface area contributed by atoms with Crippen LogP contribution in [-0.4, -0.2) is 36.9 Å². The fourth-order valence-electron chi connectivity index (χ4n) is 2.32. The molecule has 1 aliphatic heterocycles. The van der Waals surface area contributed by atoms with E-state index in [1.807, 2.05) is 6.92 Å². The van der Waals surface area contributed by atoms with Crippen molar-refractivity contribution < 1.29 is 18.3 Å². The highest BCUT2D eigenvalue weighted by Crippen LogP contribution is 2.28. The summed E-state index contributed by atoms with van der Waals surface area (Å²) in [4.78, 5) is 11.1. The summed E-state index contributed by atoms with van der Waals surface area (Å²) in [5, 5.41) is 9.20. The number of piperidine rings is 1. The number of carboxylic acid groups (broad SMARTS) is 1. The average Bonchev–Trinajstić information content (AvgIpc) is 2.38. The van der Waals surface area contributed by atoms with Crippen molar-refractivity contribution in [3.8, 4) is 0 Å². The summed E-state index contributed by atoms with van der Waals surface area (Å²) in [5.74, 6) is -1.61. The molecule has 1 aliphatic rings. The maximum Gasteiger partial charge on any atom is 0.307 e. The lowest BCUT2D eigenvalue weighted by molar-refractivity contribution is -0.142. The SMILES string of the molecule is Cc1ccc(S(=O)(=O)N2CCC[C@H](C(=O)O)C2)c(Cl)c1. The van der Waals surface area contributed by atoms with E-state index >= 15 is 0 Å². The Morgan fingerprint density at radius 1 is 1.45 bits per heavy atom. The smallest absolute Gasteiger partial charge is 0.307 e. The van der Waals surface area contributed by atoms with Gasteiger partial charge >= 0.3 is 5.97 Å². The van der Waals surface area contributed by atoms with Gasteiger partial charge in [-0.05, 0) is 37.5 Å². The standard InChI is InChI=1S/C13H16ClNO4S/c1-9-4-5-12(11(14)7-9)20(18,19)15-6-2-3-10(8-15)13(16)17/h4-5,7,10H,2-3,6,8H2,1H3,(H,16,17)/t10-/m0/s1. The van der Waals surface area contributed by atoms with Gasteiger partial charge in [-0.1, -0.05) is 17.7 Å². The quantitative estimate of drug-likeness (QED) is 0.926. The van der Waals surface area contributed by atoms with Crippen LogP contribution in [0.2, 0.25) is 5.02 Å². The van der Waals surface area contributed by atoms with Crippen molar-refractivity contribution in [3.63, 3.8) is 0 Å². The van der Waals surface area contributed by atoms with Crippen LogP contribution in [0.3, 0.4) is 0 Å². The molecule has 1 atom stereocenters. The monoisotopic (exact) mass is 317 g/mol. The molecule has 0 aliphatic carbocycles. The maximum absolute atomic E-state index is 12.5. The summed E-state index contributed by atoms with van der Waals surface area (Å²) >= 11 is 6.01. The summed E-state index contributed by atoms with van der Waals surface area (Å²) < 4.78 is 26.3. The molecule has 0 unspecified atom stereocenters. The van der Waals surface area contributed by atoms with Gasteiger partial charge in [0.25, 0.3) is 0 Å². The predicted molar refractivity (Wildman–Crippen MR) is 75.3 cm³/mol. The molecule has 110 valence electrons. The molecule has 0 bridgehead atoms. The number of carboxylic acids is 1. The molecule has 1 saturated heterocycles. The first-order valence-electron chi connectivity index (χ1n) is 6.31. The second-order valence-electron chi connectivity index (χ2n) is 4.97. The minimum absolute atomic E-state index is 0.00186. The van der Waals surface area contributed by atoms with E-state index in [4.69, 9.17) is 16.7 Å². The Labute approximate surface area is 123 Å². The second-order valence-corrected chi connectivity index (χ2v) is 7.29. The molecule has 1 aromatic carbocycles. The molecular formula is C13H16ClNO4S. The van der Waals surface area contributed by atoms with Crippen molar-refractivity contribution in [2.75, 3.05) is 13.1 Å². The molecule has 0 amide bonds. The molecule has 1 aromatic rings. The molecule has 0 aromatic heterocycles. The molecule has 0 radical (unpaired) electrons. The van der Waals surface area contributed by atoms with Crippen LogP contribution in [-0.2, 0) is 14.8 Å². The number of carbonyl (C=O) groups is 1. The number of hydrogen-bond donors (Lipinski definition) is 1. The molecular weight excluding hydrogens is 302 g/mol. The molecule has 2 rings (SSSR count). The van der Waals surface area contributed by atoms with Crippen molar-refractivity contribution >= 4 is 27.6 Å². The van der Waals surface area contributed by atoms with Crippen LogP contribution in [0.4, 0.5) is 0 Å². The van der Waals surface area contributed by atoms with Crippen LogP contribution in [0, 0.1) is 12.8 Å². The van der Waals surface area contributed by atoms with Crippen LogP contribution < -0.4 is 0 Å². The van der Waals surface area contributed by atoms with Crippen molar-refractivity contribution in [2.24, 2.45) is 5.92 Å². The summed E-state index contributed by atoms with van der Waals surface area (Å²) in [7, 11) is -3.74. The van der Waals surface area contributed by atoms with E-state index in [0.29, 0.717) is 19.4 Å². The molecule has 0 saturated carbocycles. The van der Waals surface area contributed by atoms with Crippen molar-refractivity contribution in [1.82, 2.24) is 4.31 Å². The third kappa shape index (κ3) is 2.97. The van der Waals surface area contributed by atoms with Crippen LogP contribution >= 0.6 is 11.6 Å². The van der Waals surface area contributed by atoms with Crippen LogP contribution in [0.15, 0.2) is 23.1 Å². The third-order valence-electron chi connectivity index (χ3n) is 3.44. The summed E-state index contributed by atoms with van der Waals surface area (Å²) in [6.07, 6.45) is 1.04. The first kappa shape index (κ1) is 15.3. The molecule has 0 spiro atoms. The molecule has 1 fully saturated rings. The zero-order valence-corrected chi connectivity index (χ0v) is 12.6. The van der Waals surface area contributed by atoms with Gasteiger partial charge in [0.1, 0.15) is 4.90 Å². The molecule has 1 heterocycles. The minimum atomic E-state index is -3.74. The Hall–Kier alpha value is -1.11. The van der Waals surface area contributed by atoms with E-state index in [-0.39, 0.29) is 16.5 Å². The Morgan fingerprint density at radius 3 is 2.75 bits per heavy atom. The number of nitrogens with zero attached hydrogens (tertiary/aromatic N) is 1. The number of benzene rings is 1. The van der Waals surface area contributed by atoms with E-state index in [2.05, 4.69) is 0 Å². The summed E-state index contributed by atoms with van der Waals surface area (Å²) in [6, 6.07) is 4.74. The lowest BCUT2D eigenvalue weighted by atomic mass is 10.0. The third-order valence-corrected chi connectivity index (χ3v) is 5.79. The zero-order valence-electron chi connectivity index (χ0n) is 11.0. The first-order chi connectivity index (χ1) is 9.32. The number of aliphatic carboxylic acids is 1. The number of sulfonamides is 1. The van der Waals surface area contributed by atoms with Crippen molar-refractivity contribution in [1.29, 1.82) is 0 Å². The molecule has 5 nitrogen and oxygen atoms in total. The number of aryl methyl sites for hydroxylation is 1. The normalized spacial score (nSPS) is 20.8. The Kier molecular flexibility index (Phi) is 4.36. The highest BCUT2D eigenvalue weighted by atomic mass is 35.5. The van der Waals surface area contributed by atoms with E-state index in [9.17, 15) is 13.2 Å². The van der Waals surface area contributed by atoms with E-state index in [1.165, 1.54) is 10.4 Å². The molecule has 7 heteroatoms. The topological polar surface area (TPSA) is 74.7 Å². The van der Waals surface area contributed by atoms with Gasteiger partial charge in [0.15, 0.2) is 0 Å². The van der Waals surface area contributed by atoms with Gasteiger partial charge in [-0.15, -0.1) is 0 Å². The average molecular weight is 318 g/mol. The van der Waals surface area contributed by atoms with Crippen LogP contribution in [0.25, 0.3) is 0 Å². The highest BCUT2D eigenvalue weighted by Gasteiger charge is 2.34. The van der Waals surface area contributed by atoms with E-state index < -0.39 is 21.9 Å². The predicted octanol–water partition coefficient (Wildman–Crippen LogP) is 2.13. The fourth-order valence-corrected chi connectivity index (χ4v) is 4.41. The lowest BCUT2D eigenvalue weighted by Gasteiger charge is -2.30. The number of rotatable bonds is 3. The van der Waals surface area contributed by atoms with Crippen LogP contribution in [0.1, 0.15) is 18.4 Å². The zero-order chi connectivity index (χ0) is 14.9. The fraction of sp³-hybridized carbons (Fsp3) is 0.462. The minimum Gasteiger partial charge on any atom is -0.481 e. The van der Waals surface area contributed by atoms with Gasteiger partial charge < -0.3 is 5.11 Å². The molecule has 20 heavy (non-hydrogen) atoms. The molecule has 1 N–H and O–H groups in total. The van der Waals surface area contributed by atoms with E-state index in [1.54, 1.807) is 12.1 Å². The maximum atomic E-state index is 12.5.